The van der Waals surface area contributed by atoms with Gasteiger partial charge < -0.3 is 10.1 Å². The molecule has 0 aliphatic carbocycles. The highest BCUT2D eigenvalue weighted by Gasteiger charge is 2.22. The van der Waals surface area contributed by atoms with Gasteiger partial charge in [0.05, 0.1) is 13.0 Å². The highest BCUT2D eigenvalue weighted by molar-refractivity contribution is 5.72. The summed E-state index contributed by atoms with van der Waals surface area (Å²) in [5.74, 6) is 0.0231. The average Bonchev–Trinajstić information content (AvgIpc) is 2.37. The number of methoxy groups -OCH3 is 1. The fourth-order valence-corrected chi connectivity index (χ4v) is 1.02. The Hall–Kier alpha value is -0.570. The van der Waals surface area contributed by atoms with Crippen LogP contribution in [0.3, 0.4) is 0 Å². The molecule has 0 bridgehead atoms. The zero-order valence-corrected chi connectivity index (χ0v) is 5.52. The van der Waals surface area contributed by atoms with Crippen LogP contribution in [0.2, 0.25) is 0 Å². The minimum Gasteiger partial charge on any atom is -0.469 e. The molecular weight excluding hydrogens is 130 g/mol. The average molecular weight is 145 g/mol. The molecule has 3 nitrogen and oxygen atoms in total. The standard InChI is InChI=1S/C6H11NO2.CH4/c1-9-6(8)5-2-3-7-4-5;/h5,7H,2-4H2,1H3;1H4. The fourth-order valence-electron chi connectivity index (χ4n) is 1.02. The Morgan fingerprint density at radius 1 is 1.70 bits per heavy atom. The summed E-state index contributed by atoms with van der Waals surface area (Å²) < 4.78 is 4.56. The van der Waals surface area contributed by atoms with Crippen molar-refractivity contribution in [2.45, 2.75) is 13.8 Å². The van der Waals surface area contributed by atoms with Crippen LogP contribution in [-0.2, 0) is 9.53 Å². The number of carbonyl (C=O) groups is 1. The molecule has 10 heavy (non-hydrogen) atoms. The number of hydrogen-bond donors (Lipinski definition) is 1. The summed E-state index contributed by atoms with van der Waals surface area (Å²) in [6, 6.07) is 0. The van der Waals surface area contributed by atoms with Gasteiger partial charge >= 0.3 is 5.97 Å². The lowest BCUT2D eigenvalue weighted by molar-refractivity contribution is -0.144. The first-order valence-corrected chi connectivity index (χ1v) is 3.13. The Balaban J connectivity index is 0.000000810. The number of esters is 1. The maximum atomic E-state index is 10.8. The molecule has 3 heteroatoms. The summed E-state index contributed by atoms with van der Waals surface area (Å²) in [5, 5.41) is 3.09. The maximum Gasteiger partial charge on any atom is 0.309 e. The first kappa shape index (κ1) is 9.43. The minimum absolute atomic E-state index is 0. The Morgan fingerprint density at radius 3 is 2.80 bits per heavy atom. The van der Waals surface area contributed by atoms with Crippen LogP contribution < -0.4 is 5.32 Å². The van der Waals surface area contributed by atoms with Crippen LogP contribution in [-0.4, -0.2) is 26.2 Å². The SMILES string of the molecule is C.COC(=O)C1CCNC1. The molecule has 1 aliphatic rings. The summed E-state index contributed by atoms with van der Waals surface area (Å²) in [5.41, 5.74) is 0. The first-order valence-electron chi connectivity index (χ1n) is 3.13. The highest BCUT2D eigenvalue weighted by atomic mass is 16.5. The molecular formula is C7H15NO2. The molecule has 0 aromatic heterocycles. The molecule has 0 saturated carbocycles. The normalized spacial score (nSPS) is 23.5. The Bertz CT molecular complexity index is 108. The third-order valence-electron chi connectivity index (χ3n) is 1.59. The van der Waals surface area contributed by atoms with E-state index in [9.17, 15) is 4.79 Å². The van der Waals surface area contributed by atoms with Crippen LogP contribution in [0, 0.1) is 5.92 Å². The second-order valence-corrected chi connectivity index (χ2v) is 2.21. The van der Waals surface area contributed by atoms with E-state index < -0.39 is 0 Å². The highest BCUT2D eigenvalue weighted by Crippen LogP contribution is 2.07. The van der Waals surface area contributed by atoms with Crippen molar-refractivity contribution in [2.24, 2.45) is 5.92 Å². The molecule has 1 unspecified atom stereocenters. The molecule has 0 radical (unpaired) electrons. The Kier molecular flexibility index (Phi) is 4.03. The molecule has 1 N–H and O–H groups in total. The van der Waals surface area contributed by atoms with Gasteiger partial charge in [0.2, 0.25) is 0 Å². The van der Waals surface area contributed by atoms with Crippen LogP contribution in [0.5, 0.6) is 0 Å². The first-order chi connectivity index (χ1) is 4.34. The van der Waals surface area contributed by atoms with Gasteiger partial charge in [-0.3, -0.25) is 4.79 Å². The minimum atomic E-state index is -0.0833. The van der Waals surface area contributed by atoms with Crippen molar-refractivity contribution in [2.75, 3.05) is 20.2 Å². The number of carbonyl (C=O) groups excluding carboxylic acids is 1. The second-order valence-electron chi connectivity index (χ2n) is 2.21. The zero-order valence-electron chi connectivity index (χ0n) is 5.52. The Morgan fingerprint density at radius 2 is 2.40 bits per heavy atom. The van der Waals surface area contributed by atoms with Gasteiger partial charge in [0.15, 0.2) is 0 Å². The van der Waals surface area contributed by atoms with Gasteiger partial charge in [-0.15, -0.1) is 0 Å². The van der Waals surface area contributed by atoms with Crippen LogP contribution in [0.1, 0.15) is 13.8 Å². The quantitative estimate of drug-likeness (QED) is 0.543. The summed E-state index contributed by atoms with van der Waals surface area (Å²) in [6.07, 6.45) is 0.923. The molecule has 60 valence electrons. The molecule has 1 aliphatic heterocycles. The molecule has 1 saturated heterocycles. The van der Waals surface area contributed by atoms with Crippen LogP contribution in [0.25, 0.3) is 0 Å². The van der Waals surface area contributed by atoms with E-state index in [1.54, 1.807) is 0 Å². The van der Waals surface area contributed by atoms with Crippen molar-refractivity contribution in [1.82, 2.24) is 5.32 Å². The number of nitrogens with one attached hydrogen (secondary N) is 1. The van der Waals surface area contributed by atoms with Crippen molar-refractivity contribution < 1.29 is 9.53 Å². The Labute approximate surface area is 61.8 Å². The molecule has 1 fully saturated rings. The largest absolute Gasteiger partial charge is 0.469 e. The number of hydrogen-bond acceptors (Lipinski definition) is 3. The second kappa shape index (κ2) is 4.28. The van der Waals surface area contributed by atoms with Crippen molar-refractivity contribution in [3.8, 4) is 0 Å². The van der Waals surface area contributed by atoms with E-state index in [4.69, 9.17) is 0 Å². The molecule has 0 amide bonds. The van der Waals surface area contributed by atoms with Gasteiger partial charge in [0, 0.05) is 6.54 Å². The van der Waals surface area contributed by atoms with E-state index in [0.29, 0.717) is 0 Å². The van der Waals surface area contributed by atoms with Gasteiger partial charge in [-0.25, -0.2) is 0 Å². The third kappa shape index (κ3) is 1.99. The molecule has 1 atom stereocenters. The molecule has 1 heterocycles. The van der Waals surface area contributed by atoms with Gasteiger partial charge in [-0.1, -0.05) is 7.43 Å². The van der Waals surface area contributed by atoms with Crippen molar-refractivity contribution in [3.63, 3.8) is 0 Å². The maximum absolute atomic E-state index is 10.8. The van der Waals surface area contributed by atoms with E-state index in [2.05, 4.69) is 10.1 Å². The van der Waals surface area contributed by atoms with Gasteiger partial charge in [0.25, 0.3) is 0 Å². The molecule has 0 aromatic rings. The van der Waals surface area contributed by atoms with Crippen molar-refractivity contribution in [3.05, 3.63) is 0 Å². The van der Waals surface area contributed by atoms with Crippen LogP contribution in [0.15, 0.2) is 0 Å². The fraction of sp³-hybridized carbons (Fsp3) is 0.857. The van der Waals surface area contributed by atoms with Crippen molar-refractivity contribution in [1.29, 1.82) is 0 Å². The summed E-state index contributed by atoms with van der Waals surface area (Å²) in [7, 11) is 1.43. The van der Waals surface area contributed by atoms with Crippen LogP contribution >= 0.6 is 0 Å². The predicted octanol–water partition coefficient (Wildman–Crippen LogP) is 0.405. The van der Waals surface area contributed by atoms with E-state index in [1.807, 2.05) is 0 Å². The molecule has 1 rings (SSSR count). The lowest BCUT2D eigenvalue weighted by Crippen LogP contribution is -2.18. The van der Waals surface area contributed by atoms with Gasteiger partial charge in [0.1, 0.15) is 0 Å². The summed E-state index contributed by atoms with van der Waals surface area (Å²) in [4.78, 5) is 10.8. The lowest BCUT2D eigenvalue weighted by Gasteiger charge is -2.02. The summed E-state index contributed by atoms with van der Waals surface area (Å²) >= 11 is 0. The van der Waals surface area contributed by atoms with E-state index in [0.717, 1.165) is 19.5 Å². The predicted molar refractivity (Wildman–Crippen MR) is 39.7 cm³/mol. The molecule has 0 spiro atoms. The summed E-state index contributed by atoms with van der Waals surface area (Å²) in [6.45, 7) is 1.73. The van der Waals surface area contributed by atoms with Crippen molar-refractivity contribution >= 4 is 5.97 Å². The number of ether oxygens (including phenoxy) is 1. The van der Waals surface area contributed by atoms with E-state index in [1.165, 1.54) is 7.11 Å². The zero-order chi connectivity index (χ0) is 6.69. The van der Waals surface area contributed by atoms with Gasteiger partial charge in [-0.05, 0) is 13.0 Å². The van der Waals surface area contributed by atoms with Gasteiger partial charge in [-0.2, -0.15) is 0 Å². The van der Waals surface area contributed by atoms with E-state index in [-0.39, 0.29) is 19.3 Å². The van der Waals surface area contributed by atoms with E-state index >= 15 is 0 Å². The lowest BCUT2D eigenvalue weighted by atomic mass is 10.1. The van der Waals surface area contributed by atoms with Crippen LogP contribution in [0.4, 0.5) is 0 Å². The topological polar surface area (TPSA) is 38.3 Å². The smallest absolute Gasteiger partial charge is 0.309 e. The molecule has 0 aromatic carbocycles. The third-order valence-corrected chi connectivity index (χ3v) is 1.59. The number of rotatable bonds is 1. The monoisotopic (exact) mass is 145 g/mol.